The largest absolute Gasteiger partial charge is 0.378 e. The molecule has 0 bridgehead atoms. The number of benzene rings is 2. The molecule has 0 radical (unpaired) electrons. The van der Waals surface area contributed by atoms with E-state index in [2.05, 4.69) is 15.5 Å². The van der Waals surface area contributed by atoms with Crippen LogP contribution in [-0.2, 0) is 14.9 Å². The maximum Gasteiger partial charge on any atom is 0.339 e. The van der Waals surface area contributed by atoms with Crippen molar-refractivity contribution < 1.29 is 17.4 Å². The van der Waals surface area contributed by atoms with Gasteiger partial charge in [0.25, 0.3) is 0 Å². The Morgan fingerprint density at radius 3 is 2.59 bits per heavy atom. The molecule has 3 rings (SSSR count). The smallest absolute Gasteiger partial charge is 0.339 e. The van der Waals surface area contributed by atoms with Gasteiger partial charge in [-0.15, -0.1) is 5.10 Å². The molecular weight excluding hydrogens is 386 g/mol. The molecule has 1 amide bonds. The lowest BCUT2D eigenvalue weighted by atomic mass is 10.1. The molecule has 1 N–H and O–H groups in total. The van der Waals surface area contributed by atoms with E-state index in [0.29, 0.717) is 10.7 Å². The Morgan fingerprint density at radius 2 is 1.93 bits per heavy atom. The van der Waals surface area contributed by atoms with Crippen LogP contribution in [0.5, 0.6) is 5.75 Å². The molecule has 0 spiro atoms. The molecule has 2 aromatic rings. The van der Waals surface area contributed by atoms with Crippen LogP contribution in [0.1, 0.15) is 18.1 Å². The summed E-state index contributed by atoms with van der Waals surface area (Å²) in [6.45, 7) is 3.64. The molecule has 9 heteroatoms. The fourth-order valence-electron chi connectivity index (χ4n) is 2.25. The summed E-state index contributed by atoms with van der Waals surface area (Å²) in [5, 5.41) is 10.7. The summed E-state index contributed by atoms with van der Waals surface area (Å²) in [4.78, 5) is 11.5. The van der Waals surface area contributed by atoms with Gasteiger partial charge in [-0.2, -0.15) is 13.5 Å². The lowest BCUT2D eigenvalue weighted by Gasteiger charge is -2.09. The number of hydrogen-bond donors (Lipinski definition) is 1. The third-order valence-corrected chi connectivity index (χ3v) is 5.85. The molecule has 1 aliphatic heterocycles. The number of carbonyl (C=O) groups is 1. The third kappa shape index (κ3) is 4.75. The second kappa shape index (κ2) is 7.93. The van der Waals surface area contributed by atoms with Gasteiger partial charge in [-0.1, -0.05) is 41.6 Å². The Labute approximate surface area is 161 Å². The van der Waals surface area contributed by atoms with Crippen molar-refractivity contribution in [3.05, 3.63) is 59.7 Å². The highest BCUT2D eigenvalue weighted by atomic mass is 32.2. The van der Waals surface area contributed by atoms with E-state index in [4.69, 9.17) is 4.18 Å². The number of nitrogens with one attached hydrogen (secondary N) is 1. The SMILES string of the molecule is Cc1ccc(OS(=O)(=O)c2ccccc2)c(/C=N\N=C2\NC(=O)[C@@H](C)S2)c1. The summed E-state index contributed by atoms with van der Waals surface area (Å²) < 4.78 is 30.2. The Hall–Kier alpha value is -2.65. The highest BCUT2D eigenvalue weighted by Crippen LogP contribution is 2.23. The average Bonchev–Trinajstić information content (AvgIpc) is 2.96. The molecule has 0 saturated carbocycles. The van der Waals surface area contributed by atoms with Gasteiger partial charge in [0.1, 0.15) is 4.90 Å². The molecule has 140 valence electrons. The van der Waals surface area contributed by atoms with E-state index >= 15 is 0 Å². The van der Waals surface area contributed by atoms with Gasteiger partial charge in [-0.25, -0.2) is 0 Å². The van der Waals surface area contributed by atoms with Gasteiger partial charge in [0.2, 0.25) is 5.91 Å². The fraction of sp³-hybridized carbons (Fsp3) is 0.167. The number of thioether (sulfide) groups is 1. The molecule has 1 atom stereocenters. The average molecular weight is 403 g/mol. The standard InChI is InChI=1S/C18H17N3O4S2/c1-12-8-9-16(25-27(23,24)15-6-4-3-5-7-15)14(10-12)11-19-21-18-20-17(22)13(2)26-18/h3-11,13H,1-2H3,(H,20,21,22)/b19-11-/t13-/m1/s1. The predicted octanol–water partition coefficient (Wildman–Crippen LogP) is 2.70. The van der Waals surface area contributed by atoms with E-state index in [1.807, 2.05) is 6.92 Å². The maximum atomic E-state index is 12.4. The van der Waals surface area contributed by atoms with Crippen molar-refractivity contribution in [2.45, 2.75) is 24.0 Å². The normalized spacial score (nSPS) is 18.8. The van der Waals surface area contributed by atoms with Crippen molar-refractivity contribution >= 4 is 39.2 Å². The van der Waals surface area contributed by atoms with Gasteiger partial charge in [-0.3, -0.25) is 4.79 Å². The lowest BCUT2D eigenvalue weighted by Crippen LogP contribution is -2.23. The first-order valence-electron chi connectivity index (χ1n) is 8.04. The van der Waals surface area contributed by atoms with Crippen LogP contribution in [0.4, 0.5) is 0 Å². The molecular formula is C18H17N3O4S2. The molecule has 7 nitrogen and oxygen atoms in total. The number of rotatable bonds is 5. The minimum atomic E-state index is -3.96. The molecule has 27 heavy (non-hydrogen) atoms. The quantitative estimate of drug-likeness (QED) is 0.470. The van der Waals surface area contributed by atoms with Crippen LogP contribution in [0.2, 0.25) is 0 Å². The summed E-state index contributed by atoms with van der Waals surface area (Å²) in [5.74, 6) is 0.0207. The first-order chi connectivity index (χ1) is 12.8. The predicted molar refractivity (Wildman–Crippen MR) is 106 cm³/mol. The fourth-order valence-corrected chi connectivity index (χ4v) is 3.98. The third-order valence-electron chi connectivity index (χ3n) is 3.63. The molecule has 2 aromatic carbocycles. The van der Waals surface area contributed by atoms with E-state index in [0.717, 1.165) is 5.56 Å². The van der Waals surface area contributed by atoms with Crippen LogP contribution < -0.4 is 9.50 Å². The number of amides is 1. The lowest BCUT2D eigenvalue weighted by molar-refractivity contribution is -0.118. The van der Waals surface area contributed by atoms with Crippen LogP contribution in [0.25, 0.3) is 0 Å². The molecule has 0 aromatic heterocycles. The van der Waals surface area contributed by atoms with E-state index in [1.54, 1.807) is 43.3 Å². The second-order valence-corrected chi connectivity index (χ2v) is 8.67. The van der Waals surface area contributed by atoms with Crippen molar-refractivity contribution in [3.8, 4) is 5.75 Å². The summed E-state index contributed by atoms with van der Waals surface area (Å²) >= 11 is 1.27. The summed E-state index contributed by atoms with van der Waals surface area (Å²) in [6.07, 6.45) is 1.39. The first kappa shape index (κ1) is 19.1. The van der Waals surface area contributed by atoms with E-state index < -0.39 is 10.1 Å². The van der Waals surface area contributed by atoms with Crippen LogP contribution in [0.15, 0.2) is 63.6 Å². The van der Waals surface area contributed by atoms with Gasteiger partial charge >= 0.3 is 10.1 Å². The molecule has 1 heterocycles. The zero-order valence-electron chi connectivity index (χ0n) is 14.6. The van der Waals surface area contributed by atoms with E-state index in [1.165, 1.54) is 30.1 Å². The molecule has 1 saturated heterocycles. The van der Waals surface area contributed by atoms with Gasteiger partial charge < -0.3 is 9.50 Å². The minimum absolute atomic E-state index is 0.0627. The maximum absolute atomic E-state index is 12.4. The van der Waals surface area contributed by atoms with Gasteiger partial charge in [-0.05, 0) is 38.1 Å². The van der Waals surface area contributed by atoms with Crippen molar-refractivity contribution in [1.29, 1.82) is 0 Å². The summed E-state index contributed by atoms with van der Waals surface area (Å²) in [5.41, 5.74) is 1.37. The van der Waals surface area contributed by atoms with Crippen molar-refractivity contribution in [2.24, 2.45) is 10.2 Å². The zero-order valence-corrected chi connectivity index (χ0v) is 16.3. The molecule has 0 unspecified atom stereocenters. The molecule has 1 aliphatic rings. The molecule has 1 fully saturated rings. The number of aryl methyl sites for hydroxylation is 1. The van der Waals surface area contributed by atoms with Gasteiger partial charge in [0.05, 0.1) is 11.5 Å². The van der Waals surface area contributed by atoms with Crippen LogP contribution in [-0.4, -0.2) is 31.0 Å². The monoisotopic (exact) mass is 403 g/mol. The van der Waals surface area contributed by atoms with E-state index in [9.17, 15) is 13.2 Å². The van der Waals surface area contributed by atoms with Gasteiger partial charge in [0, 0.05) is 5.56 Å². The first-order valence-corrected chi connectivity index (χ1v) is 10.3. The molecule has 0 aliphatic carbocycles. The summed E-state index contributed by atoms with van der Waals surface area (Å²) in [7, 11) is -3.96. The van der Waals surface area contributed by atoms with Crippen molar-refractivity contribution in [1.82, 2.24) is 5.32 Å². The number of hydrogen-bond acceptors (Lipinski definition) is 7. The van der Waals surface area contributed by atoms with Crippen molar-refractivity contribution in [2.75, 3.05) is 0 Å². The second-order valence-electron chi connectivity index (χ2n) is 5.79. The Kier molecular flexibility index (Phi) is 5.62. The number of nitrogens with zero attached hydrogens (tertiary/aromatic N) is 2. The minimum Gasteiger partial charge on any atom is -0.378 e. The number of carbonyl (C=O) groups excluding carboxylic acids is 1. The van der Waals surface area contributed by atoms with Crippen molar-refractivity contribution in [3.63, 3.8) is 0 Å². The highest BCUT2D eigenvalue weighted by Gasteiger charge is 2.25. The Bertz CT molecular complexity index is 1020. The topological polar surface area (TPSA) is 97.2 Å². The highest BCUT2D eigenvalue weighted by molar-refractivity contribution is 8.15. The van der Waals surface area contributed by atoms with Crippen LogP contribution >= 0.6 is 11.8 Å². The Morgan fingerprint density at radius 1 is 1.19 bits per heavy atom. The van der Waals surface area contributed by atoms with E-state index in [-0.39, 0.29) is 21.8 Å². The number of amidine groups is 1. The zero-order chi connectivity index (χ0) is 19.4. The van der Waals surface area contributed by atoms with Crippen LogP contribution in [0.3, 0.4) is 0 Å². The van der Waals surface area contributed by atoms with Gasteiger partial charge in [0.15, 0.2) is 10.9 Å². The van der Waals surface area contributed by atoms with Crippen LogP contribution in [0, 0.1) is 6.92 Å². The summed E-state index contributed by atoms with van der Waals surface area (Å²) in [6, 6.07) is 12.9. The Balaban J connectivity index is 1.85.